The third-order valence-electron chi connectivity index (χ3n) is 2.17. The molecule has 0 saturated heterocycles. The third kappa shape index (κ3) is 2.07. The fraction of sp³-hybridized carbons (Fsp3) is 0.182. The molecule has 1 aromatic rings. The first-order valence-corrected chi connectivity index (χ1v) is 4.63. The van der Waals surface area contributed by atoms with Gasteiger partial charge in [-0.2, -0.15) is 0 Å². The summed E-state index contributed by atoms with van der Waals surface area (Å²) in [5.74, 6) is -11.9. The molecule has 0 radical (unpaired) electrons. The number of carbonyl (C=O) groups is 1. The van der Waals surface area contributed by atoms with Gasteiger partial charge in [0.25, 0.3) is 0 Å². The van der Waals surface area contributed by atoms with Crippen molar-refractivity contribution in [2.24, 2.45) is 0 Å². The highest BCUT2D eigenvalue weighted by Gasteiger charge is 2.30. The monoisotopic (exact) mass is 266 g/mol. The number of halogens is 5. The van der Waals surface area contributed by atoms with Gasteiger partial charge in [0.05, 0.1) is 18.2 Å². The van der Waals surface area contributed by atoms with Crippen LogP contribution in [0.15, 0.2) is 6.08 Å². The first kappa shape index (κ1) is 14.1. The second-order valence-electron chi connectivity index (χ2n) is 3.14. The van der Waals surface area contributed by atoms with Gasteiger partial charge in [0.2, 0.25) is 5.82 Å². The molecule has 0 bridgehead atoms. The molecule has 1 rings (SSSR count). The van der Waals surface area contributed by atoms with E-state index in [1.54, 1.807) is 0 Å². The molecule has 0 heterocycles. The van der Waals surface area contributed by atoms with E-state index in [1.165, 1.54) is 6.92 Å². The number of esters is 1. The topological polar surface area (TPSA) is 26.3 Å². The van der Waals surface area contributed by atoms with Crippen LogP contribution in [0.3, 0.4) is 0 Å². The predicted molar refractivity (Wildman–Crippen MR) is 51.9 cm³/mol. The van der Waals surface area contributed by atoms with E-state index in [4.69, 9.17) is 0 Å². The highest BCUT2D eigenvalue weighted by Crippen LogP contribution is 2.28. The summed E-state index contributed by atoms with van der Waals surface area (Å²) in [6.45, 7) is 1.20. The summed E-state index contributed by atoms with van der Waals surface area (Å²) in [5, 5.41) is 0. The number of methoxy groups -OCH3 is 1. The maximum absolute atomic E-state index is 13.4. The van der Waals surface area contributed by atoms with Crippen LogP contribution in [0.1, 0.15) is 12.5 Å². The van der Waals surface area contributed by atoms with Crippen LogP contribution < -0.4 is 0 Å². The van der Waals surface area contributed by atoms with Gasteiger partial charge in [0.1, 0.15) is 0 Å². The van der Waals surface area contributed by atoms with Crippen LogP contribution in [-0.4, -0.2) is 13.1 Å². The van der Waals surface area contributed by atoms with E-state index in [0.29, 0.717) is 0 Å². The van der Waals surface area contributed by atoms with Crippen molar-refractivity contribution in [1.29, 1.82) is 0 Å². The van der Waals surface area contributed by atoms with Crippen LogP contribution >= 0.6 is 0 Å². The molecule has 0 aliphatic carbocycles. The van der Waals surface area contributed by atoms with E-state index in [1.807, 2.05) is 0 Å². The van der Waals surface area contributed by atoms with Crippen LogP contribution in [0.5, 0.6) is 0 Å². The summed E-state index contributed by atoms with van der Waals surface area (Å²) in [4.78, 5) is 11.2. The first-order chi connectivity index (χ1) is 8.36. The zero-order chi connectivity index (χ0) is 14.0. The lowest BCUT2D eigenvalue weighted by atomic mass is 10.0. The zero-order valence-corrected chi connectivity index (χ0v) is 9.28. The van der Waals surface area contributed by atoms with Crippen molar-refractivity contribution in [3.8, 4) is 0 Å². The smallest absolute Gasteiger partial charge is 0.338 e. The molecule has 0 aliphatic heterocycles. The Kier molecular flexibility index (Phi) is 4.05. The number of benzene rings is 1. The standard InChI is InChI=1S/C11H7F5O2/c1-3-4(11(17)18-2)5-6(12)8(14)10(16)9(15)7(5)13/h3H,1-2H3. The molecule has 0 atom stereocenters. The van der Waals surface area contributed by atoms with Crippen molar-refractivity contribution >= 4 is 11.5 Å². The van der Waals surface area contributed by atoms with Crippen molar-refractivity contribution in [2.45, 2.75) is 6.92 Å². The van der Waals surface area contributed by atoms with Gasteiger partial charge >= 0.3 is 5.97 Å². The average Bonchev–Trinajstić information content (AvgIpc) is 2.38. The van der Waals surface area contributed by atoms with Gasteiger partial charge in [-0.1, -0.05) is 6.08 Å². The molecule has 1 aromatic carbocycles. The Labute approximate surface area is 98.7 Å². The number of allylic oxidation sites excluding steroid dienone is 1. The minimum atomic E-state index is -2.28. The molecule has 0 unspecified atom stereocenters. The number of carbonyl (C=O) groups excluding carboxylic acids is 1. The molecule has 98 valence electrons. The van der Waals surface area contributed by atoms with Gasteiger partial charge in [-0.25, -0.2) is 26.7 Å². The Morgan fingerprint density at radius 2 is 1.33 bits per heavy atom. The van der Waals surface area contributed by atoms with E-state index in [9.17, 15) is 26.7 Å². The lowest BCUT2D eigenvalue weighted by molar-refractivity contribution is -0.133. The fourth-order valence-electron chi connectivity index (χ4n) is 1.32. The molecule has 18 heavy (non-hydrogen) atoms. The maximum atomic E-state index is 13.4. The number of ether oxygens (including phenoxy) is 1. The van der Waals surface area contributed by atoms with Crippen LogP contribution in [0, 0.1) is 29.1 Å². The van der Waals surface area contributed by atoms with Crippen LogP contribution in [0.25, 0.3) is 5.57 Å². The number of hydrogen-bond donors (Lipinski definition) is 0. The summed E-state index contributed by atoms with van der Waals surface area (Å²) in [7, 11) is 0.915. The first-order valence-electron chi connectivity index (χ1n) is 4.63. The largest absolute Gasteiger partial charge is 0.465 e. The minimum Gasteiger partial charge on any atom is -0.465 e. The molecule has 0 amide bonds. The maximum Gasteiger partial charge on any atom is 0.338 e. The zero-order valence-electron chi connectivity index (χ0n) is 9.28. The normalized spacial score (nSPS) is 11.6. The van der Waals surface area contributed by atoms with E-state index in [2.05, 4.69) is 4.74 Å². The van der Waals surface area contributed by atoms with Crippen molar-refractivity contribution in [3.05, 3.63) is 40.7 Å². The molecular weight excluding hydrogens is 259 g/mol. The molecule has 0 spiro atoms. The van der Waals surface area contributed by atoms with Gasteiger partial charge in [-0.15, -0.1) is 0 Å². The molecule has 2 nitrogen and oxygen atoms in total. The summed E-state index contributed by atoms with van der Waals surface area (Å²) in [6.07, 6.45) is 0.893. The second kappa shape index (κ2) is 5.16. The Bertz CT molecular complexity index is 508. The SMILES string of the molecule is CC=C(C(=O)OC)c1c(F)c(F)c(F)c(F)c1F. The quantitative estimate of drug-likeness (QED) is 0.270. The highest BCUT2D eigenvalue weighted by molar-refractivity contribution is 6.16. The van der Waals surface area contributed by atoms with Gasteiger partial charge in [0, 0.05) is 0 Å². The molecule has 7 heteroatoms. The summed E-state index contributed by atoms with van der Waals surface area (Å²) in [5.41, 5.74) is -2.05. The Morgan fingerprint density at radius 1 is 0.944 bits per heavy atom. The van der Waals surface area contributed by atoms with E-state index < -0.39 is 46.2 Å². The van der Waals surface area contributed by atoms with Crippen molar-refractivity contribution < 1.29 is 31.5 Å². The Morgan fingerprint density at radius 3 is 1.67 bits per heavy atom. The van der Waals surface area contributed by atoms with E-state index >= 15 is 0 Å². The molecule has 0 aromatic heterocycles. The molecule has 0 fully saturated rings. The Hall–Kier alpha value is -1.92. The lowest BCUT2D eigenvalue weighted by Gasteiger charge is -2.09. The fourth-order valence-corrected chi connectivity index (χ4v) is 1.32. The number of rotatable bonds is 2. The van der Waals surface area contributed by atoms with Gasteiger partial charge in [0.15, 0.2) is 23.3 Å². The highest BCUT2D eigenvalue weighted by atomic mass is 19.2. The van der Waals surface area contributed by atoms with Crippen molar-refractivity contribution in [3.63, 3.8) is 0 Å². The summed E-state index contributed by atoms with van der Waals surface area (Å²) < 4.78 is 69.6. The molecular formula is C11H7F5O2. The second-order valence-corrected chi connectivity index (χ2v) is 3.14. The van der Waals surface area contributed by atoms with Crippen molar-refractivity contribution in [1.82, 2.24) is 0 Å². The van der Waals surface area contributed by atoms with Crippen LogP contribution in [0.2, 0.25) is 0 Å². The summed E-state index contributed by atoms with van der Waals surface area (Å²) >= 11 is 0. The molecule has 0 aliphatic rings. The summed E-state index contributed by atoms with van der Waals surface area (Å²) in [6, 6.07) is 0. The van der Waals surface area contributed by atoms with Gasteiger partial charge in [-0.05, 0) is 6.92 Å². The van der Waals surface area contributed by atoms with E-state index in [0.717, 1.165) is 13.2 Å². The van der Waals surface area contributed by atoms with E-state index in [-0.39, 0.29) is 0 Å². The Balaban J connectivity index is 3.65. The number of hydrogen-bond acceptors (Lipinski definition) is 2. The minimum absolute atomic E-state index is 0.745. The lowest BCUT2D eigenvalue weighted by Crippen LogP contribution is -2.12. The van der Waals surface area contributed by atoms with Gasteiger partial charge < -0.3 is 4.74 Å². The van der Waals surface area contributed by atoms with Crippen molar-refractivity contribution in [2.75, 3.05) is 7.11 Å². The van der Waals surface area contributed by atoms with Crippen LogP contribution in [-0.2, 0) is 9.53 Å². The average molecular weight is 266 g/mol. The molecule has 0 N–H and O–H groups in total. The predicted octanol–water partition coefficient (Wildman–Crippen LogP) is 2.96. The van der Waals surface area contributed by atoms with Crippen LogP contribution in [0.4, 0.5) is 22.0 Å². The molecule has 0 saturated carbocycles. The third-order valence-corrected chi connectivity index (χ3v) is 2.17. The van der Waals surface area contributed by atoms with Gasteiger partial charge in [-0.3, -0.25) is 0 Å².